The Morgan fingerprint density at radius 1 is 1.42 bits per heavy atom. The number of nitrogens with zero attached hydrogens (tertiary/aromatic N) is 1. The van der Waals surface area contributed by atoms with Crippen molar-refractivity contribution >= 4 is 0 Å². The van der Waals surface area contributed by atoms with E-state index in [1.807, 2.05) is 0 Å². The molecule has 2 unspecified atom stereocenters. The zero-order chi connectivity index (χ0) is 9.14. The van der Waals surface area contributed by atoms with Gasteiger partial charge < -0.3 is 10.2 Å². The smallest absolute Gasteiger partial charge is 0.0104 e. The topological polar surface area (TPSA) is 15.3 Å². The molecule has 12 heavy (non-hydrogen) atoms. The summed E-state index contributed by atoms with van der Waals surface area (Å²) in [5.74, 6) is 1.71. The van der Waals surface area contributed by atoms with E-state index in [2.05, 4.69) is 38.2 Å². The molecule has 0 aromatic rings. The SMILES string of the molecule is CC1CCNC[C@@H]1C(C)N(C)C. The minimum Gasteiger partial charge on any atom is -0.316 e. The van der Waals surface area contributed by atoms with E-state index in [9.17, 15) is 0 Å². The van der Waals surface area contributed by atoms with Crippen molar-refractivity contribution in [2.75, 3.05) is 27.2 Å². The average molecular weight is 170 g/mol. The van der Waals surface area contributed by atoms with Gasteiger partial charge in [0.15, 0.2) is 0 Å². The van der Waals surface area contributed by atoms with Crippen LogP contribution in [-0.2, 0) is 0 Å². The summed E-state index contributed by atoms with van der Waals surface area (Å²) in [7, 11) is 4.35. The molecule has 1 heterocycles. The summed E-state index contributed by atoms with van der Waals surface area (Å²) in [5.41, 5.74) is 0. The lowest BCUT2D eigenvalue weighted by Crippen LogP contribution is -2.45. The first kappa shape index (κ1) is 10.0. The molecule has 1 aliphatic rings. The van der Waals surface area contributed by atoms with E-state index in [1.54, 1.807) is 0 Å². The Bertz CT molecular complexity index is 134. The Labute approximate surface area is 76.3 Å². The fourth-order valence-electron chi connectivity index (χ4n) is 2.04. The number of nitrogens with one attached hydrogen (secondary N) is 1. The van der Waals surface area contributed by atoms with Gasteiger partial charge in [-0.2, -0.15) is 0 Å². The molecule has 72 valence electrons. The van der Waals surface area contributed by atoms with Gasteiger partial charge in [0.25, 0.3) is 0 Å². The summed E-state index contributed by atoms with van der Waals surface area (Å²) < 4.78 is 0. The molecule has 0 aliphatic carbocycles. The van der Waals surface area contributed by atoms with Crippen LogP contribution in [0.15, 0.2) is 0 Å². The lowest BCUT2D eigenvalue weighted by atomic mass is 9.83. The van der Waals surface area contributed by atoms with Crippen LogP contribution in [0.3, 0.4) is 0 Å². The zero-order valence-electron chi connectivity index (χ0n) is 8.80. The van der Waals surface area contributed by atoms with Gasteiger partial charge in [0, 0.05) is 6.04 Å². The van der Waals surface area contributed by atoms with Crippen LogP contribution in [0.5, 0.6) is 0 Å². The van der Waals surface area contributed by atoms with Gasteiger partial charge in [-0.15, -0.1) is 0 Å². The molecule has 1 saturated heterocycles. The largest absolute Gasteiger partial charge is 0.316 e. The summed E-state index contributed by atoms with van der Waals surface area (Å²) in [6, 6.07) is 0.702. The summed E-state index contributed by atoms with van der Waals surface area (Å²) in [5, 5.41) is 3.47. The highest BCUT2D eigenvalue weighted by Crippen LogP contribution is 2.23. The van der Waals surface area contributed by atoms with Gasteiger partial charge in [-0.3, -0.25) is 0 Å². The standard InChI is InChI=1S/C10H22N2/c1-8-5-6-11-7-10(8)9(2)12(3)4/h8-11H,5-7H2,1-4H3/t8?,9?,10-/m0/s1. The monoisotopic (exact) mass is 170 g/mol. The molecule has 0 aromatic carbocycles. The van der Waals surface area contributed by atoms with E-state index < -0.39 is 0 Å². The Hall–Kier alpha value is -0.0800. The maximum absolute atomic E-state index is 3.47. The fraction of sp³-hybridized carbons (Fsp3) is 1.00. The maximum Gasteiger partial charge on any atom is 0.0104 e. The highest BCUT2D eigenvalue weighted by atomic mass is 15.1. The maximum atomic E-state index is 3.47. The third-order valence-electron chi connectivity index (χ3n) is 3.32. The van der Waals surface area contributed by atoms with Crippen molar-refractivity contribution in [2.45, 2.75) is 26.3 Å². The minimum atomic E-state index is 0.702. The second kappa shape index (κ2) is 4.24. The molecule has 0 spiro atoms. The van der Waals surface area contributed by atoms with E-state index in [0.717, 1.165) is 11.8 Å². The number of rotatable bonds is 2. The molecule has 0 saturated carbocycles. The number of hydrogen-bond donors (Lipinski definition) is 1. The van der Waals surface area contributed by atoms with E-state index in [1.165, 1.54) is 19.5 Å². The summed E-state index contributed by atoms with van der Waals surface area (Å²) in [6.07, 6.45) is 1.34. The van der Waals surface area contributed by atoms with Crippen molar-refractivity contribution < 1.29 is 0 Å². The minimum absolute atomic E-state index is 0.702. The Balaban J connectivity index is 2.47. The third kappa shape index (κ3) is 2.20. The van der Waals surface area contributed by atoms with Gasteiger partial charge in [0.2, 0.25) is 0 Å². The van der Waals surface area contributed by atoms with Crippen molar-refractivity contribution in [2.24, 2.45) is 11.8 Å². The van der Waals surface area contributed by atoms with Crippen molar-refractivity contribution in [1.82, 2.24) is 10.2 Å². The molecule has 3 atom stereocenters. The Morgan fingerprint density at radius 2 is 2.08 bits per heavy atom. The van der Waals surface area contributed by atoms with Gasteiger partial charge in [-0.05, 0) is 52.4 Å². The Morgan fingerprint density at radius 3 is 2.58 bits per heavy atom. The van der Waals surface area contributed by atoms with E-state index in [-0.39, 0.29) is 0 Å². The molecule has 0 radical (unpaired) electrons. The van der Waals surface area contributed by atoms with Crippen LogP contribution in [0.4, 0.5) is 0 Å². The van der Waals surface area contributed by atoms with Crippen LogP contribution in [0.25, 0.3) is 0 Å². The lowest BCUT2D eigenvalue weighted by Gasteiger charge is -2.37. The van der Waals surface area contributed by atoms with E-state index in [4.69, 9.17) is 0 Å². The molecule has 1 fully saturated rings. The highest BCUT2D eigenvalue weighted by molar-refractivity contribution is 4.82. The van der Waals surface area contributed by atoms with E-state index >= 15 is 0 Å². The third-order valence-corrected chi connectivity index (χ3v) is 3.32. The van der Waals surface area contributed by atoms with Crippen LogP contribution >= 0.6 is 0 Å². The molecular formula is C10H22N2. The average Bonchev–Trinajstić information content (AvgIpc) is 2.04. The van der Waals surface area contributed by atoms with Gasteiger partial charge in [0.05, 0.1) is 0 Å². The predicted octanol–water partition coefficient (Wildman–Crippen LogP) is 1.18. The summed E-state index contributed by atoms with van der Waals surface area (Å²) in [6.45, 7) is 7.11. The summed E-state index contributed by atoms with van der Waals surface area (Å²) in [4.78, 5) is 2.33. The molecule has 0 bridgehead atoms. The van der Waals surface area contributed by atoms with Crippen LogP contribution in [0.2, 0.25) is 0 Å². The first-order chi connectivity index (χ1) is 5.63. The molecule has 0 aromatic heterocycles. The highest BCUT2D eigenvalue weighted by Gasteiger charge is 2.26. The quantitative estimate of drug-likeness (QED) is 0.669. The molecule has 1 N–H and O–H groups in total. The second-order valence-electron chi connectivity index (χ2n) is 4.34. The van der Waals surface area contributed by atoms with Crippen molar-refractivity contribution in [3.8, 4) is 0 Å². The number of hydrogen-bond acceptors (Lipinski definition) is 2. The van der Waals surface area contributed by atoms with Crippen molar-refractivity contribution in [3.05, 3.63) is 0 Å². The van der Waals surface area contributed by atoms with Gasteiger partial charge >= 0.3 is 0 Å². The molecule has 0 amide bonds. The molecular weight excluding hydrogens is 148 g/mol. The summed E-state index contributed by atoms with van der Waals surface area (Å²) >= 11 is 0. The molecule has 1 aliphatic heterocycles. The predicted molar refractivity (Wildman–Crippen MR) is 53.3 cm³/mol. The fourth-order valence-corrected chi connectivity index (χ4v) is 2.04. The second-order valence-corrected chi connectivity index (χ2v) is 4.34. The van der Waals surface area contributed by atoms with Gasteiger partial charge in [0.1, 0.15) is 0 Å². The van der Waals surface area contributed by atoms with Crippen LogP contribution < -0.4 is 5.32 Å². The van der Waals surface area contributed by atoms with Crippen LogP contribution in [0.1, 0.15) is 20.3 Å². The zero-order valence-corrected chi connectivity index (χ0v) is 8.80. The van der Waals surface area contributed by atoms with Crippen LogP contribution in [-0.4, -0.2) is 38.1 Å². The van der Waals surface area contributed by atoms with Crippen LogP contribution in [0, 0.1) is 11.8 Å². The molecule has 2 heteroatoms. The first-order valence-electron chi connectivity index (χ1n) is 5.00. The van der Waals surface area contributed by atoms with Crippen molar-refractivity contribution in [3.63, 3.8) is 0 Å². The normalized spacial score (nSPS) is 33.8. The van der Waals surface area contributed by atoms with Gasteiger partial charge in [-0.1, -0.05) is 6.92 Å². The van der Waals surface area contributed by atoms with Gasteiger partial charge in [-0.25, -0.2) is 0 Å². The first-order valence-corrected chi connectivity index (χ1v) is 5.00. The lowest BCUT2D eigenvalue weighted by molar-refractivity contribution is 0.147. The van der Waals surface area contributed by atoms with E-state index in [0.29, 0.717) is 6.04 Å². The molecule has 1 rings (SSSR count). The molecule has 2 nitrogen and oxygen atoms in total. The Kier molecular flexibility index (Phi) is 3.53. The van der Waals surface area contributed by atoms with Crippen molar-refractivity contribution in [1.29, 1.82) is 0 Å². The number of piperidine rings is 1.